The van der Waals surface area contributed by atoms with Crippen LogP contribution < -0.4 is 0 Å². The molecular weight excluding hydrogens is 545 g/mol. The highest BCUT2D eigenvalue weighted by Crippen LogP contribution is 2.39. The summed E-state index contributed by atoms with van der Waals surface area (Å²) < 4.78 is 118. The number of alkyl halides is 9. The number of rotatable bonds is 3. The van der Waals surface area contributed by atoms with Crippen molar-refractivity contribution in [3.05, 3.63) is 114 Å². The molecule has 1 nitrogen and oxygen atoms in total. The number of hydrogen-bond acceptors (Lipinski definition) is 1. The highest BCUT2D eigenvalue weighted by Gasteiger charge is 2.37. The second kappa shape index (κ2) is 9.69. The van der Waals surface area contributed by atoms with Gasteiger partial charge in [0.1, 0.15) is 0 Å². The number of aromatic nitrogens is 1. The van der Waals surface area contributed by atoms with Crippen LogP contribution in [0.25, 0.3) is 44.3 Å². The summed E-state index contributed by atoms with van der Waals surface area (Å²) in [4.78, 5) is 4.33. The molecule has 0 aliphatic rings. The van der Waals surface area contributed by atoms with Crippen LogP contribution in [0.15, 0.2) is 97.2 Å². The van der Waals surface area contributed by atoms with Gasteiger partial charge in [-0.2, -0.15) is 39.5 Å². The maximum absolute atomic E-state index is 13.3. The molecule has 0 aliphatic heterocycles. The molecule has 0 atom stereocenters. The van der Waals surface area contributed by atoms with E-state index in [9.17, 15) is 39.5 Å². The summed E-state index contributed by atoms with van der Waals surface area (Å²) >= 11 is 0. The summed E-state index contributed by atoms with van der Waals surface area (Å²) in [5.41, 5.74) is -1.35. The smallest absolute Gasteiger partial charge is 0.256 e. The molecule has 0 radical (unpaired) electrons. The molecular formula is C30H16F9N. The minimum atomic E-state index is -4.96. The van der Waals surface area contributed by atoms with Crippen LogP contribution in [0.4, 0.5) is 39.5 Å². The van der Waals surface area contributed by atoms with Crippen LogP contribution in [0, 0.1) is 0 Å². The van der Waals surface area contributed by atoms with Crippen LogP contribution in [0.3, 0.4) is 0 Å². The van der Waals surface area contributed by atoms with E-state index < -0.39 is 35.2 Å². The first-order valence-electron chi connectivity index (χ1n) is 11.7. The molecule has 10 heteroatoms. The van der Waals surface area contributed by atoms with Crippen molar-refractivity contribution in [2.45, 2.75) is 18.5 Å². The van der Waals surface area contributed by atoms with E-state index in [-0.39, 0.29) is 17.2 Å². The standard InChI is InChI=1S/C30H16F9N/c31-28(32,33)24-8-5-18(6-9-24)27-10-7-21(16-40-27)19-3-1-17-2-4-20(12-22(17)11-19)23-13-25(29(34,35)36)15-26(14-23)30(37,38)39/h1-16H. The average Bonchev–Trinajstić information content (AvgIpc) is 2.91. The summed E-state index contributed by atoms with van der Waals surface area (Å²) in [5.74, 6) is 0. The maximum Gasteiger partial charge on any atom is 0.416 e. The first-order chi connectivity index (χ1) is 18.7. The van der Waals surface area contributed by atoms with Crippen molar-refractivity contribution in [2.75, 3.05) is 0 Å². The number of fused-ring (bicyclic) bond motifs is 1. The third-order valence-electron chi connectivity index (χ3n) is 6.37. The van der Waals surface area contributed by atoms with Crippen LogP contribution in [0.2, 0.25) is 0 Å². The second-order valence-electron chi connectivity index (χ2n) is 9.08. The topological polar surface area (TPSA) is 12.9 Å². The van der Waals surface area contributed by atoms with Crippen LogP contribution in [-0.2, 0) is 18.5 Å². The van der Waals surface area contributed by atoms with Crippen LogP contribution >= 0.6 is 0 Å². The Balaban J connectivity index is 1.49. The number of benzene rings is 4. The molecule has 4 aromatic carbocycles. The van der Waals surface area contributed by atoms with Crippen molar-refractivity contribution in [2.24, 2.45) is 0 Å². The monoisotopic (exact) mass is 561 g/mol. The summed E-state index contributed by atoms with van der Waals surface area (Å²) in [6.07, 6.45) is -12.8. The Morgan fingerprint density at radius 1 is 0.375 bits per heavy atom. The largest absolute Gasteiger partial charge is 0.416 e. The summed E-state index contributed by atoms with van der Waals surface area (Å²) in [7, 11) is 0. The lowest BCUT2D eigenvalue weighted by molar-refractivity contribution is -0.143. The van der Waals surface area contributed by atoms with E-state index in [1.807, 2.05) is 0 Å². The lowest BCUT2D eigenvalue weighted by atomic mass is 9.95. The predicted molar refractivity (Wildman–Crippen MR) is 133 cm³/mol. The highest BCUT2D eigenvalue weighted by molar-refractivity contribution is 5.91. The van der Waals surface area contributed by atoms with E-state index in [2.05, 4.69) is 4.98 Å². The molecule has 0 aliphatic carbocycles. The van der Waals surface area contributed by atoms with Gasteiger partial charge in [0, 0.05) is 17.3 Å². The van der Waals surface area contributed by atoms with E-state index in [0.29, 0.717) is 45.3 Å². The lowest BCUT2D eigenvalue weighted by Crippen LogP contribution is -2.11. The van der Waals surface area contributed by atoms with Crippen molar-refractivity contribution in [3.8, 4) is 33.5 Å². The molecule has 5 rings (SSSR count). The van der Waals surface area contributed by atoms with Crippen molar-refractivity contribution in [1.29, 1.82) is 0 Å². The Morgan fingerprint density at radius 2 is 0.850 bits per heavy atom. The molecule has 40 heavy (non-hydrogen) atoms. The van der Waals surface area contributed by atoms with Crippen molar-refractivity contribution in [1.82, 2.24) is 4.98 Å². The van der Waals surface area contributed by atoms with Gasteiger partial charge in [0.15, 0.2) is 0 Å². The molecule has 0 fully saturated rings. The molecule has 0 unspecified atom stereocenters. The van der Waals surface area contributed by atoms with Crippen LogP contribution in [0.1, 0.15) is 16.7 Å². The van der Waals surface area contributed by atoms with Gasteiger partial charge in [-0.25, -0.2) is 0 Å². The average molecular weight is 561 g/mol. The second-order valence-corrected chi connectivity index (χ2v) is 9.08. The van der Waals surface area contributed by atoms with Gasteiger partial charge in [-0.05, 0) is 76.0 Å². The summed E-state index contributed by atoms with van der Waals surface area (Å²) in [6, 6.07) is 19.2. The zero-order chi connectivity index (χ0) is 28.9. The molecule has 0 amide bonds. The Kier molecular flexibility index (Phi) is 6.60. The molecule has 0 N–H and O–H groups in total. The predicted octanol–water partition coefficient (Wildman–Crippen LogP) is 10.3. The fourth-order valence-electron chi connectivity index (χ4n) is 4.29. The Hall–Kier alpha value is -4.34. The molecule has 1 aromatic heterocycles. The summed E-state index contributed by atoms with van der Waals surface area (Å²) in [5, 5.41) is 1.29. The van der Waals surface area contributed by atoms with Gasteiger partial charge in [0.05, 0.1) is 22.4 Å². The van der Waals surface area contributed by atoms with Gasteiger partial charge in [-0.1, -0.05) is 42.5 Å². The third kappa shape index (κ3) is 5.66. The number of nitrogens with zero attached hydrogens (tertiary/aromatic N) is 1. The fraction of sp³-hybridized carbons (Fsp3) is 0.100. The minimum absolute atomic E-state index is 0.0873. The SMILES string of the molecule is FC(F)(F)c1ccc(-c2ccc(-c3ccc4ccc(-c5cc(C(F)(F)F)cc(C(F)(F)F)c5)cc4c3)cn2)cc1. The van der Waals surface area contributed by atoms with E-state index >= 15 is 0 Å². The number of pyridine rings is 1. The number of halogens is 9. The number of hydrogen-bond donors (Lipinski definition) is 0. The summed E-state index contributed by atoms with van der Waals surface area (Å²) in [6.45, 7) is 0. The fourth-order valence-corrected chi connectivity index (χ4v) is 4.29. The zero-order valence-electron chi connectivity index (χ0n) is 20.1. The molecule has 0 saturated heterocycles. The van der Waals surface area contributed by atoms with Gasteiger partial charge < -0.3 is 0 Å². The van der Waals surface area contributed by atoms with E-state index in [0.717, 1.165) is 12.1 Å². The molecule has 0 bridgehead atoms. The normalized spacial score (nSPS) is 12.6. The van der Waals surface area contributed by atoms with E-state index in [1.165, 1.54) is 30.5 Å². The first-order valence-corrected chi connectivity index (χ1v) is 11.7. The molecule has 1 heterocycles. The quantitative estimate of drug-likeness (QED) is 0.200. The molecule has 5 aromatic rings. The highest BCUT2D eigenvalue weighted by atomic mass is 19.4. The van der Waals surface area contributed by atoms with Crippen LogP contribution in [0.5, 0.6) is 0 Å². The maximum atomic E-state index is 13.3. The Morgan fingerprint density at radius 3 is 1.32 bits per heavy atom. The van der Waals surface area contributed by atoms with Gasteiger partial charge in [-0.3, -0.25) is 4.98 Å². The lowest BCUT2D eigenvalue weighted by Gasteiger charge is -2.15. The Bertz CT molecular complexity index is 1650. The molecule has 204 valence electrons. The van der Waals surface area contributed by atoms with Crippen LogP contribution in [-0.4, -0.2) is 4.98 Å². The van der Waals surface area contributed by atoms with Crippen molar-refractivity contribution < 1.29 is 39.5 Å². The van der Waals surface area contributed by atoms with Crippen molar-refractivity contribution >= 4 is 10.8 Å². The van der Waals surface area contributed by atoms with Gasteiger partial charge in [-0.15, -0.1) is 0 Å². The van der Waals surface area contributed by atoms with E-state index in [1.54, 1.807) is 36.4 Å². The first kappa shape index (κ1) is 27.2. The Labute approximate surface area is 221 Å². The zero-order valence-corrected chi connectivity index (χ0v) is 20.1. The third-order valence-corrected chi connectivity index (χ3v) is 6.37. The van der Waals surface area contributed by atoms with Gasteiger partial charge in [0.25, 0.3) is 0 Å². The molecule has 0 spiro atoms. The minimum Gasteiger partial charge on any atom is -0.256 e. The molecule has 0 saturated carbocycles. The van der Waals surface area contributed by atoms with Gasteiger partial charge in [0.2, 0.25) is 0 Å². The van der Waals surface area contributed by atoms with Gasteiger partial charge >= 0.3 is 18.5 Å². The van der Waals surface area contributed by atoms with Crippen molar-refractivity contribution in [3.63, 3.8) is 0 Å². The van der Waals surface area contributed by atoms with E-state index in [4.69, 9.17) is 0 Å².